The lowest BCUT2D eigenvalue weighted by atomic mass is 10.2. The molecule has 0 saturated carbocycles. The van der Waals surface area contributed by atoms with E-state index in [0.717, 1.165) is 5.56 Å². The predicted molar refractivity (Wildman–Crippen MR) is 102 cm³/mol. The van der Waals surface area contributed by atoms with Crippen molar-refractivity contribution >= 4 is 29.8 Å². The van der Waals surface area contributed by atoms with Gasteiger partial charge in [0.05, 0.1) is 11.4 Å². The molecule has 0 amide bonds. The topological polar surface area (TPSA) is 96.4 Å². The Morgan fingerprint density at radius 1 is 1.24 bits per heavy atom. The SMILES string of the molecule is Cc1cccc(-n2c(O)c(C=Nc3cccc(N)c3)c(=O)[nH]c2=S)c1. The summed E-state index contributed by atoms with van der Waals surface area (Å²) in [4.78, 5) is 19.0. The van der Waals surface area contributed by atoms with Crippen molar-refractivity contribution in [2.75, 3.05) is 5.73 Å². The fourth-order valence-corrected chi connectivity index (χ4v) is 2.69. The van der Waals surface area contributed by atoms with Gasteiger partial charge in [-0.3, -0.25) is 19.3 Å². The van der Waals surface area contributed by atoms with E-state index in [2.05, 4.69) is 9.98 Å². The van der Waals surface area contributed by atoms with Crippen LogP contribution >= 0.6 is 12.2 Å². The molecule has 0 aliphatic rings. The molecule has 6 nitrogen and oxygen atoms in total. The highest BCUT2D eigenvalue weighted by Gasteiger charge is 2.12. The largest absolute Gasteiger partial charge is 0.494 e. The van der Waals surface area contributed by atoms with Crippen molar-refractivity contribution in [3.8, 4) is 11.6 Å². The van der Waals surface area contributed by atoms with Gasteiger partial charge in [-0.15, -0.1) is 0 Å². The highest BCUT2D eigenvalue weighted by Crippen LogP contribution is 2.21. The van der Waals surface area contributed by atoms with Gasteiger partial charge in [0, 0.05) is 11.9 Å². The van der Waals surface area contributed by atoms with E-state index in [1.54, 1.807) is 30.3 Å². The molecule has 2 aromatic carbocycles. The average molecular weight is 352 g/mol. The molecule has 0 spiro atoms. The number of rotatable bonds is 3. The number of aromatic hydroxyl groups is 1. The summed E-state index contributed by atoms with van der Waals surface area (Å²) in [6.45, 7) is 1.93. The van der Waals surface area contributed by atoms with Crippen LogP contribution in [0.15, 0.2) is 58.3 Å². The molecule has 0 atom stereocenters. The first kappa shape index (κ1) is 16.7. The number of hydrogen-bond acceptors (Lipinski definition) is 5. The third-order valence-corrected chi connectivity index (χ3v) is 3.88. The smallest absolute Gasteiger partial charge is 0.264 e. The fourth-order valence-electron chi connectivity index (χ4n) is 2.41. The van der Waals surface area contributed by atoms with E-state index in [-0.39, 0.29) is 16.2 Å². The zero-order valence-corrected chi connectivity index (χ0v) is 14.2. The number of nitrogens with two attached hydrogens (primary N) is 1. The van der Waals surface area contributed by atoms with Gasteiger partial charge in [0.15, 0.2) is 4.77 Å². The quantitative estimate of drug-likeness (QED) is 0.383. The first-order valence-corrected chi connectivity index (χ1v) is 7.91. The molecule has 3 rings (SSSR count). The zero-order valence-electron chi connectivity index (χ0n) is 13.4. The summed E-state index contributed by atoms with van der Waals surface area (Å²) in [6.07, 6.45) is 1.30. The number of anilines is 1. The van der Waals surface area contributed by atoms with Gasteiger partial charge in [0.2, 0.25) is 5.88 Å². The summed E-state index contributed by atoms with van der Waals surface area (Å²) in [7, 11) is 0. The molecule has 0 unspecified atom stereocenters. The van der Waals surface area contributed by atoms with E-state index in [1.807, 2.05) is 25.1 Å². The Morgan fingerprint density at radius 3 is 2.72 bits per heavy atom. The number of nitrogen functional groups attached to an aromatic ring is 1. The van der Waals surface area contributed by atoms with Crippen LogP contribution in [0.5, 0.6) is 5.88 Å². The van der Waals surface area contributed by atoms with Crippen LogP contribution < -0.4 is 11.3 Å². The third kappa shape index (κ3) is 3.51. The maximum atomic E-state index is 12.2. The third-order valence-electron chi connectivity index (χ3n) is 3.59. The molecule has 0 bridgehead atoms. The van der Waals surface area contributed by atoms with Gasteiger partial charge in [0.25, 0.3) is 5.56 Å². The Morgan fingerprint density at radius 2 is 2.00 bits per heavy atom. The summed E-state index contributed by atoms with van der Waals surface area (Å²) in [5, 5.41) is 10.6. The zero-order chi connectivity index (χ0) is 18.0. The molecule has 1 aromatic heterocycles. The summed E-state index contributed by atoms with van der Waals surface area (Å²) in [5.74, 6) is -0.271. The molecular weight excluding hydrogens is 336 g/mol. The van der Waals surface area contributed by atoms with Crippen LogP contribution in [-0.2, 0) is 0 Å². The molecule has 0 fully saturated rings. The van der Waals surface area contributed by atoms with Crippen LogP contribution in [0.2, 0.25) is 0 Å². The number of aryl methyl sites for hydroxylation is 1. The molecule has 0 radical (unpaired) electrons. The molecule has 4 N–H and O–H groups in total. The van der Waals surface area contributed by atoms with E-state index in [4.69, 9.17) is 18.0 Å². The van der Waals surface area contributed by atoms with Gasteiger partial charge in [0.1, 0.15) is 5.56 Å². The van der Waals surface area contributed by atoms with Crippen molar-refractivity contribution in [2.24, 2.45) is 4.99 Å². The van der Waals surface area contributed by atoms with Crippen LogP contribution in [0.25, 0.3) is 5.69 Å². The number of nitrogens with one attached hydrogen (secondary N) is 1. The van der Waals surface area contributed by atoms with Crippen molar-refractivity contribution < 1.29 is 5.11 Å². The number of hydrogen-bond donors (Lipinski definition) is 3. The molecule has 126 valence electrons. The first-order valence-electron chi connectivity index (χ1n) is 7.50. The summed E-state index contributed by atoms with van der Waals surface area (Å²) < 4.78 is 1.50. The normalized spacial score (nSPS) is 11.1. The van der Waals surface area contributed by atoms with Crippen LogP contribution in [0.3, 0.4) is 0 Å². The second-order valence-electron chi connectivity index (χ2n) is 5.52. The number of H-pyrrole nitrogens is 1. The highest BCUT2D eigenvalue weighted by molar-refractivity contribution is 7.71. The summed E-state index contributed by atoms with van der Waals surface area (Å²) in [5.41, 5.74) is 7.99. The number of benzene rings is 2. The second-order valence-corrected chi connectivity index (χ2v) is 5.91. The minimum absolute atomic E-state index is 0.0116. The van der Waals surface area contributed by atoms with E-state index >= 15 is 0 Å². The Balaban J connectivity index is 2.14. The average Bonchev–Trinajstić information content (AvgIpc) is 2.54. The van der Waals surface area contributed by atoms with Gasteiger partial charge >= 0.3 is 0 Å². The van der Waals surface area contributed by atoms with Crippen molar-refractivity contribution in [3.05, 3.63) is 74.8 Å². The summed E-state index contributed by atoms with van der Waals surface area (Å²) in [6, 6.07) is 14.3. The van der Waals surface area contributed by atoms with Crippen molar-refractivity contribution in [1.82, 2.24) is 9.55 Å². The monoisotopic (exact) mass is 352 g/mol. The Hall–Kier alpha value is -3.19. The minimum Gasteiger partial charge on any atom is -0.494 e. The number of nitrogens with zero attached hydrogens (tertiary/aromatic N) is 2. The van der Waals surface area contributed by atoms with Crippen LogP contribution in [0, 0.1) is 11.7 Å². The minimum atomic E-state index is -0.515. The van der Waals surface area contributed by atoms with E-state index in [9.17, 15) is 9.90 Å². The van der Waals surface area contributed by atoms with Gasteiger partial charge in [-0.05, 0) is 55.0 Å². The number of aromatic nitrogens is 2. The molecule has 1 heterocycles. The Kier molecular flexibility index (Phi) is 4.49. The maximum Gasteiger partial charge on any atom is 0.264 e. The van der Waals surface area contributed by atoms with Crippen LogP contribution in [0.1, 0.15) is 11.1 Å². The molecule has 0 saturated heterocycles. The molecule has 25 heavy (non-hydrogen) atoms. The van der Waals surface area contributed by atoms with Gasteiger partial charge < -0.3 is 10.8 Å². The molecule has 7 heteroatoms. The van der Waals surface area contributed by atoms with Gasteiger partial charge in [-0.1, -0.05) is 18.2 Å². The van der Waals surface area contributed by atoms with Gasteiger partial charge in [-0.2, -0.15) is 0 Å². The lowest BCUT2D eigenvalue weighted by molar-refractivity contribution is 0.432. The van der Waals surface area contributed by atoms with Crippen molar-refractivity contribution in [2.45, 2.75) is 6.92 Å². The fraction of sp³-hybridized carbons (Fsp3) is 0.0556. The molecule has 0 aliphatic heterocycles. The molecular formula is C18H16N4O2S. The van der Waals surface area contributed by atoms with Crippen LogP contribution in [-0.4, -0.2) is 20.9 Å². The Labute approximate surface area is 148 Å². The first-order chi connectivity index (χ1) is 12.0. The van der Waals surface area contributed by atoms with E-state index < -0.39 is 5.56 Å². The van der Waals surface area contributed by atoms with Crippen molar-refractivity contribution in [3.63, 3.8) is 0 Å². The van der Waals surface area contributed by atoms with E-state index in [0.29, 0.717) is 17.1 Å². The molecule has 3 aromatic rings. The Bertz CT molecular complexity index is 1080. The number of aromatic amines is 1. The predicted octanol–water partition coefficient (Wildman–Crippen LogP) is 3.24. The van der Waals surface area contributed by atoms with Gasteiger partial charge in [-0.25, -0.2) is 0 Å². The standard InChI is InChI=1S/C18H16N4O2S/c1-11-4-2-7-14(8-11)22-17(24)15(16(23)21-18(22)25)10-20-13-6-3-5-12(19)9-13/h2-10,24H,19H2,1H3,(H,21,23,25). The van der Waals surface area contributed by atoms with Crippen LogP contribution in [0.4, 0.5) is 11.4 Å². The lowest BCUT2D eigenvalue weighted by Crippen LogP contribution is -2.18. The van der Waals surface area contributed by atoms with E-state index in [1.165, 1.54) is 10.8 Å². The lowest BCUT2D eigenvalue weighted by Gasteiger charge is -2.11. The highest BCUT2D eigenvalue weighted by atomic mass is 32.1. The summed E-state index contributed by atoms with van der Waals surface area (Å²) >= 11 is 5.19. The number of aliphatic imine (C=N–C) groups is 1. The molecule has 0 aliphatic carbocycles. The second kappa shape index (κ2) is 6.74. The maximum absolute atomic E-state index is 12.2. The van der Waals surface area contributed by atoms with Crippen molar-refractivity contribution in [1.29, 1.82) is 0 Å².